The number of carbonyl (C=O) groups excluding carboxylic acids is 2. The Hall–Kier alpha value is -3.02. The van der Waals surface area contributed by atoms with Crippen LogP contribution in [0.15, 0.2) is 42.5 Å². The molecule has 1 aliphatic heterocycles. The largest absolute Gasteiger partial charge is 0.497 e. The third-order valence-electron chi connectivity index (χ3n) is 4.55. The Kier molecular flexibility index (Phi) is 4.59. The monoisotopic (exact) mass is 354 g/mol. The number of benzene rings is 2. The highest BCUT2D eigenvalue weighted by atomic mass is 16.5. The number of hydrogen-bond donors (Lipinski definition) is 1. The molecule has 0 aromatic heterocycles. The molecule has 1 unspecified atom stereocenters. The topological polar surface area (TPSA) is 67.9 Å². The molecule has 1 aliphatic rings. The summed E-state index contributed by atoms with van der Waals surface area (Å²) in [7, 11) is 3.25. The van der Waals surface area contributed by atoms with Gasteiger partial charge in [-0.15, -0.1) is 0 Å². The summed E-state index contributed by atoms with van der Waals surface area (Å²) in [5.74, 6) is 0.380. The normalized spacial score (nSPS) is 18.8. The third-order valence-corrected chi connectivity index (χ3v) is 4.55. The van der Waals surface area contributed by atoms with Crippen LogP contribution in [0.1, 0.15) is 18.1 Å². The molecule has 0 radical (unpaired) electrons. The van der Waals surface area contributed by atoms with Crippen LogP contribution in [0.5, 0.6) is 11.5 Å². The maximum atomic E-state index is 12.8. The van der Waals surface area contributed by atoms with Crippen molar-refractivity contribution >= 4 is 17.5 Å². The second-order valence-corrected chi connectivity index (χ2v) is 6.50. The van der Waals surface area contributed by atoms with Gasteiger partial charge in [0.05, 0.1) is 12.8 Å². The van der Waals surface area contributed by atoms with Crippen molar-refractivity contribution in [3.05, 3.63) is 53.6 Å². The van der Waals surface area contributed by atoms with E-state index in [0.29, 0.717) is 18.0 Å². The zero-order valence-electron chi connectivity index (χ0n) is 15.3. The molecule has 0 spiro atoms. The van der Waals surface area contributed by atoms with Gasteiger partial charge in [0.1, 0.15) is 11.5 Å². The molecule has 136 valence electrons. The highest BCUT2D eigenvalue weighted by Crippen LogP contribution is 2.37. The van der Waals surface area contributed by atoms with Gasteiger partial charge in [0.2, 0.25) is 0 Å². The minimum Gasteiger partial charge on any atom is -0.497 e. The first kappa shape index (κ1) is 17.8. The summed E-state index contributed by atoms with van der Waals surface area (Å²) in [4.78, 5) is 27.0. The molecular weight excluding hydrogens is 332 g/mol. The van der Waals surface area contributed by atoms with Gasteiger partial charge in [-0.05, 0) is 49.2 Å². The summed E-state index contributed by atoms with van der Waals surface area (Å²) >= 11 is 0. The van der Waals surface area contributed by atoms with E-state index in [2.05, 4.69) is 5.32 Å². The summed E-state index contributed by atoms with van der Waals surface area (Å²) in [5.41, 5.74) is 0.967. The quantitative estimate of drug-likeness (QED) is 0.857. The first-order valence-electron chi connectivity index (χ1n) is 8.34. The molecule has 1 N–H and O–H groups in total. The summed E-state index contributed by atoms with van der Waals surface area (Å²) in [6.07, 6.45) is 0. The van der Waals surface area contributed by atoms with Crippen LogP contribution < -0.4 is 19.7 Å². The maximum Gasteiger partial charge on any atom is 0.280 e. The molecule has 0 bridgehead atoms. The number of methoxy groups -OCH3 is 1. The van der Waals surface area contributed by atoms with Crippen LogP contribution in [0.2, 0.25) is 0 Å². The van der Waals surface area contributed by atoms with Crippen molar-refractivity contribution in [1.29, 1.82) is 0 Å². The first-order chi connectivity index (χ1) is 12.3. The van der Waals surface area contributed by atoms with E-state index in [-0.39, 0.29) is 0 Å². The van der Waals surface area contributed by atoms with Crippen LogP contribution in [0.25, 0.3) is 0 Å². The van der Waals surface area contributed by atoms with E-state index in [1.165, 1.54) is 11.8 Å². The van der Waals surface area contributed by atoms with Crippen molar-refractivity contribution in [3.8, 4) is 11.5 Å². The number of fused-ring (bicyclic) bond motifs is 1. The summed E-state index contributed by atoms with van der Waals surface area (Å²) in [5, 5.41) is 2.79. The number of rotatable bonds is 4. The van der Waals surface area contributed by atoms with Crippen molar-refractivity contribution in [1.82, 2.24) is 5.32 Å². The fraction of sp³-hybridized carbons (Fsp3) is 0.300. The fourth-order valence-electron chi connectivity index (χ4n) is 2.91. The zero-order valence-corrected chi connectivity index (χ0v) is 15.3. The van der Waals surface area contributed by atoms with Gasteiger partial charge < -0.3 is 19.7 Å². The summed E-state index contributed by atoms with van der Waals surface area (Å²) in [6.45, 7) is 3.73. The van der Waals surface area contributed by atoms with Gasteiger partial charge in [-0.2, -0.15) is 0 Å². The number of aryl methyl sites for hydroxylation is 1. The molecule has 6 nitrogen and oxygen atoms in total. The number of anilines is 1. The lowest BCUT2D eigenvalue weighted by Crippen LogP contribution is -2.61. The van der Waals surface area contributed by atoms with Crippen LogP contribution >= 0.6 is 0 Å². The van der Waals surface area contributed by atoms with E-state index in [0.717, 1.165) is 16.9 Å². The van der Waals surface area contributed by atoms with Crippen LogP contribution in [-0.2, 0) is 16.1 Å². The van der Waals surface area contributed by atoms with Crippen molar-refractivity contribution in [2.45, 2.75) is 26.0 Å². The fourth-order valence-corrected chi connectivity index (χ4v) is 2.91. The lowest BCUT2D eigenvalue weighted by molar-refractivity contribution is -0.148. The van der Waals surface area contributed by atoms with Gasteiger partial charge >= 0.3 is 0 Å². The standard InChI is InChI=1S/C20H22N2O4/c1-13-5-10-17-16(11-13)22(3)19(24)20(2,26-17)18(23)21-12-14-6-8-15(25-4)9-7-14/h5-11H,12H2,1-4H3,(H,21,23). The third kappa shape index (κ3) is 3.10. The van der Waals surface area contributed by atoms with Gasteiger partial charge in [-0.1, -0.05) is 18.2 Å². The lowest BCUT2D eigenvalue weighted by Gasteiger charge is -2.38. The maximum absolute atomic E-state index is 12.8. The Morgan fingerprint density at radius 3 is 2.58 bits per heavy atom. The second kappa shape index (κ2) is 6.71. The Morgan fingerprint density at radius 2 is 1.92 bits per heavy atom. The summed E-state index contributed by atoms with van der Waals surface area (Å²) < 4.78 is 10.9. The molecule has 2 amide bonds. The minimum absolute atomic E-state index is 0.291. The van der Waals surface area contributed by atoms with E-state index in [4.69, 9.17) is 9.47 Å². The molecule has 2 aromatic rings. The zero-order chi connectivity index (χ0) is 18.9. The number of nitrogens with one attached hydrogen (secondary N) is 1. The Morgan fingerprint density at radius 1 is 1.23 bits per heavy atom. The molecule has 2 aromatic carbocycles. The van der Waals surface area contributed by atoms with Crippen molar-refractivity contribution in [2.24, 2.45) is 0 Å². The highest BCUT2D eigenvalue weighted by Gasteiger charge is 2.49. The van der Waals surface area contributed by atoms with Gasteiger partial charge in [-0.25, -0.2) is 0 Å². The van der Waals surface area contributed by atoms with Gasteiger partial charge in [-0.3, -0.25) is 9.59 Å². The molecule has 1 atom stereocenters. The minimum atomic E-state index is -1.61. The molecule has 3 rings (SSSR count). The number of carbonyl (C=O) groups is 2. The van der Waals surface area contributed by atoms with E-state index >= 15 is 0 Å². The number of hydrogen-bond acceptors (Lipinski definition) is 4. The molecule has 0 aliphatic carbocycles. The molecule has 0 fully saturated rings. The number of ether oxygens (including phenoxy) is 2. The van der Waals surface area contributed by atoms with Gasteiger partial charge in [0, 0.05) is 13.6 Å². The van der Waals surface area contributed by atoms with E-state index in [1.54, 1.807) is 20.2 Å². The van der Waals surface area contributed by atoms with Gasteiger partial charge in [0.25, 0.3) is 17.4 Å². The predicted octanol–water partition coefficient (Wildman–Crippen LogP) is 2.43. The Labute approximate surface area is 152 Å². The lowest BCUT2D eigenvalue weighted by atomic mass is 9.99. The average Bonchev–Trinajstić information content (AvgIpc) is 2.65. The number of nitrogens with zero attached hydrogens (tertiary/aromatic N) is 1. The van der Waals surface area contributed by atoms with Crippen molar-refractivity contribution in [2.75, 3.05) is 19.1 Å². The number of likely N-dealkylation sites (N-methyl/N-ethyl adjacent to an activating group) is 1. The smallest absolute Gasteiger partial charge is 0.280 e. The number of amides is 2. The van der Waals surface area contributed by atoms with Crippen LogP contribution in [0, 0.1) is 6.92 Å². The molecule has 1 heterocycles. The van der Waals surface area contributed by atoms with E-state index in [9.17, 15) is 9.59 Å². The second-order valence-electron chi connectivity index (χ2n) is 6.50. The average molecular weight is 354 g/mol. The highest BCUT2D eigenvalue weighted by molar-refractivity contribution is 6.16. The SMILES string of the molecule is COc1ccc(CNC(=O)C2(C)Oc3ccc(C)cc3N(C)C2=O)cc1. The van der Waals surface area contributed by atoms with Crippen molar-refractivity contribution in [3.63, 3.8) is 0 Å². The van der Waals surface area contributed by atoms with E-state index in [1.807, 2.05) is 43.3 Å². The molecule has 6 heteroatoms. The molecule has 0 saturated heterocycles. The van der Waals surface area contributed by atoms with E-state index < -0.39 is 17.4 Å². The Balaban J connectivity index is 1.77. The van der Waals surface area contributed by atoms with Crippen LogP contribution in [0.4, 0.5) is 5.69 Å². The molecular formula is C20H22N2O4. The Bertz CT molecular complexity index is 847. The van der Waals surface area contributed by atoms with Crippen molar-refractivity contribution < 1.29 is 19.1 Å². The first-order valence-corrected chi connectivity index (χ1v) is 8.34. The van der Waals surface area contributed by atoms with Crippen LogP contribution in [-0.4, -0.2) is 31.6 Å². The molecule has 26 heavy (non-hydrogen) atoms. The molecule has 0 saturated carbocycles. The summed E-state index contributed by atoms with van der Waals surface area (Å²) in [6, 6.07) is 12.9. The van der Waals surface area contributed by atoms with Gasteiger partial charge in [0.15, 0.2) is 0 Å². The van der Waals surface area contributed by atoms with Crippen LogP contribution in [0.3, 0.4) is 0 Å². The predicted molar refractivity (Wildman–Crippen MR) is 98.5 cm³/mol.